The molecule has 0 spiro atoms. The van der Waals surface area contributed by atoms with E-state index in [1.165, 1.54) is 11.8 Å². The molecule has 21 heavy (non-hydrogen) atoms. The van der Waals surface area contributed by atoms with Crippen LogP contribution < -0.4 is 5.32 Å². The van der Waals surface area contributed by atoms with E-state index >= 15 is 0 Å². The first kappa shape index (κ1) is 16.0. The molecule has 1 aliphatic heterocycles. The zero-order valence-corrected chi connectivity index (χ0v) is 13.5. The Morgan fingerprint density at radius 3 is 2.90 bits per heavy atom. The van der Waals surface area contributed by atoms with Gasteiger partial charge in [-0.3, -0.25) is 9.59 Å². The van der Waals surface area contributed by atoms with Crippen molar-refractivity contribution in [3.63, 3.8) is 0 Å². The highest BCUT2D eigenvalue weighted by Gasteiger charge is 2.40. The summed E-state index contributed by atoms with van der Waals surface area (Å²) in [4.78, 5) is 25.2. The molecule has 0 bridgehead atoms. The van der Waals surface area contributed by atoms with Gasteiger partial charge >= 0.3 is 0 Å². The third-order valence-corrected chi connectivity index (χ3v) is 4.17. The van der Waals surface area contributed by atoms with Gasteiger partial charge in [-0.05, 0) is 30.5 Å². The van der Waals surface area contributed by atoms with Gasteiger partial charge in [-0.1, -0.05) is 28.1 Å². The van der Waals surface area contributed by atoms with Crippen LogP contribution in [0.15, 0.2) is 28.7 Å². The monoisotopic (exact) mass is 354 g/mol. The summed E-state index contributed by atoms with van der Waals surface area (Å²) in [5, 5.41) is 13.2. The lowest BCUT2D eigenvalue weighted by molar-refractivity contribution is -0.150. The average molecular weight is 355 g/mol. The minimum absolute atomic E-state index is 0.0622. The quantitative estimate of drug-likeness (QED) is 0.862. The summed E-state index contributed by atoms with van der Waals surface area (Å²) < 4.78 is 0.938. The van der Waals surface area contributed by atoms with E-state index in [1.807, 2.05) is 24.3 Å². The number of carbonyl (C=O) groups excluding carboxylic acids is 2. The van der Waals surface area contributed by atoms with Gasteiger partial charge in [0, 0.05) is 24.5 Å². The molecule has 0 aliphatic carbocycles. The number of nitrogens with one attached hydrogen (secondary N) is 1. The van der Waals surface area contributed by atoms with Gasteiger partial charge in [-0.25, -0.2) is 0 Å². The number of nitrogens with zero attached hydrogens (tertiary/aromatic N) is 1. The predicted octanol–water partition coefficient (Wildman–Crippen LogP) is 1.44. The summed E-state index contributed by atoms with van der Waals surface area (Å²) in [6, 6.07) is 7.61. The molecular weight excluding hydrogens is 336 g/mol. The SMILES string of the molecule is CC(=O)N1CCCC(O)(C(=O)NCc2cccc(Br)c2)C1. The molecule has 6 heteroatoms. The first-order valence-corrected chi connectivity index (χ1v) is 7.71. The van der Waals surface area contributed by atoms with Crippen molar-refractivity contribution >= 4 is 27.7 Å². The molecular formula is C15H19BrN2O3. The van der Waals surface area contributed by atoms with Crippen LogP contribution in [-0.4, -0.2) is 40.5 Å². The van der Waals surface area contributed by atoms with Crippen molar-refractivity contribution < 1.29 is 14.7 Å². The number of hydrogen-bond acceptors (Lipinski definition) is 3. The van der Waals surface area contributed by atoms with Crippen molar-refractivity contribution in [2.45, 2.75) is 31.9 Å². The van der Waals surface area contributed by atoms with E-state index in [4.69, 9.17) is 0 Å². The van der Waals surface area contributed by atoms with Crippen molar-refractivity contribution in [2.75, 3.05) is 13.1 Å². The van der Waals surface area contributed by atoms with E-state index in [2.05, 4.69) is 21.2 Å². The van der Waals surface area contributed by atoms with Crippen LogP contribution in [0, 0.1) is 0 Å². The van der Waals surface area contributed by atoms with E-state index < -0.39 is 11.5 Å². The molecule has 1 aromatic rings. The number of β-amino-alcohol motifs (C(OH)–C–C–N with tert-alkyl or cyclic N) is 1. The third kappa shape index (κ3) is 4.04. The van der Waals surface area contributed by atoms with Crippen molar-refractivity contribution in [2.24, 2.45) is 0 Å². The van der Waals surface area contributed by atoms with Gasteiger partial charge in [-0.2, -0.15) is 0 Å². The molecule has 1 aromatic carbocycles. The van der Waals surface area contributed by atoms with E-state index in [0.717, 1.165) is 10.0 Å². The first-order chi connectivity index (χ1) is 9.90. The smallest absolute Gasteiger partial charge is 0.254 e. The highest BCUT2D eigenvalue weighted by Crippen LogP contribution is 2.22. The number of amides is 2. The van der Waals surface area contributed by atoms with Crippen LogP contribution in [0.5, 0.6) is 0 Å². The zero-order chi connectivity index (χ0) is 15.5. The maximum Gasteiger partial charge on any atom is 0.254 e. The number of halogens is 1. The number of likely N-dealkylation sites (tertiary alicyclic amines) is 1. The normalized spacial score (nSPS) is 22.0. The van der Waals surface area contributed by atoms with E-state index in [9.17, 15) is 14.7 Å². The summed E-state index contributed by atoms with van der Waals surface area (Å²) >= 11 is 3.37. The van der Waals surface area contributed by atoms with Crippen LogP contribution in [0.4, 0.5) is 0 Å². The molecule has 0 aromatic heterocycles. The van der Waals surface area contributed by atoms with E-state index in [1.54, 1.807) is 0 Å². The maximum atomic E-state index is 12.2. The van der Waals surface area contributed by atoms with Crippen molar-refractivity contribution in [3.8, 4) is 0 Å². The molecule has 2 rings (SSSR count). The fourth-order valence-corrected chi connectivity index (χ4v) is 2.93. The Hall–Kier alpha value is -1.40. The van der Waals surface area contributed by atoms with Crippen LogP contribution in [0.3, 0.4) is 0 Å². The summed E-state index contributed by atoms with van der Waals surface area (Å²) in [7, 11) is 0. The minimum atomic E-state index is -1.49. The fourth-order valence-electron chi connectivity index (χ4n) is 2.48. The Morgan fingerprint density at radius 2 is 2.24 bits per heavy atom. The summed E-state index contributed by atoms with van der Waals surface area (Å²) in [6.45, 7) is 2.45. The Labute approximate surface area is 132 Å². The minimum Gasteiger partial charge on any atom is -0.378 e. The van der Waals surface area contributed by atoms with Crippen LogP contribution in [0.25, 0.3) is 0 Å². The van der Waals surface area contributed by atoms with Gasteiger partial charge in [0.2, 0.25) is 5.91 Å². The molecule has 1 fully saturated rings. The average Bonchev–Trinajstić information content (AvgIpc) is 2.44. The van der Waals surface area contributed by atoms with Crippen LogP contribution >= 0.6 is 15.9 Å². The predicted molar refractivity (Wildman–Crippen MR) is 82.4 cm³/mol. The van der Waals surface area contributed by atoms with Crippen molar-refractivity contribution in [1.82, 2.24) is 10.2 Å². The molecule has 1 atom stereocenters. The van der Waals surface area contributed by atoms with Crippen molar-refractivity contribution in [1.29, 1.82) is 0 Å². The second-order valence-corrected chi connectivity index (χ2v) is 6.30. The lowest BCUT2D eigenvalue weighted by Gasteiger charge is -2.37. The van der Waals surface area contributed by atoms with Gasteiger partial charge in [-0.15, -0.1) is 0 Å². The third-order valence-electron chi connectivity index (χ3n) is 3.68. The van der Waals surface area contributed by atoms with Crippen LogP contribution in [0.2, 0.25) is 0 Å². The fraction of sp³-hybridized carbons (Fsp3) is 0.467. The lowest BCUT2D eigenvalue weighted by atomic mass is 9.91. The molecule has 1 heterocycles. The topological polar surface area (TPSA) is 69.6 Å². The summed E-state index contributed by atoms with van der Waals surface area (Å²) in [6.07, 6.45) is 1.00. The van der Waals surface area contributed by atoms with Gasteiger partial charge in [0.25, 0.3) is 5.91 Å². The number of benzene rings is 1. The molecule has 0 radical (unpaired) electrons. The second-order valence-electron chi connectivity index (χ2n) is 5.39. The Morgan fingerprint density at radius 1 is 1.48 bits per heavy atom. The molecule has 2 N–H and O–H groups in total. The summed E-state index contributed by atoms with van der Waals surface area (Å²) in [5.41, 5.74) is -0.545. The number of piperidine rings is 1. The van der Waals surface area contributed by atoms with Crippen LogP contribution in [-0.2, 0) is 16.1 Å². The molecule has 1 aliphatic rings. The van der Waals surface area contributed by atoms with E-state index in [0.29, 0.717) is 25.9 Å². The Kier molecular flexibility index (Phi) is 5.00. The molecule has 1 saturated heterocycles. The van der Waals surface area contributed by atoms with Gasteiger partial charge in [0.05, 0.1) is 6.54 Å². The highest BCUT2D eigenvalue weighted by molar-refractivity contribution is 9.10. The molecule has 2 amide bonds. The molecule has 114 valence electrons. The molecule has 0 saturated carbocycles. The number of hydrogen-bond donors (Lipinski definition) is 2. The van der Waals surface area contributed by atoms with Gasteiger partial charge in [0.1, 0.15) is 0 Å². The number of aliphatic hydroxyl groups is 1. The van der Waals surface area contributed by atoms with E-state index in [-0.39, 0.29) is 12.5 Å². The molecule has 1 unspecified atom stereocenters. The number of carbonyl (C=O) groups is 2. The van der Waals surface area contributed by atoms with Crippen molar-refractivity contribution in [3.05, 3.63) is 34.3 Å². The Bertz CT molecular complexity index is 549. The first-order valence-electron chi connectivity index (χ1n) is 6.91. The highest BCUT2D eigenvalue weighted by atomic mass is 79.9. The second kappa shape index (κ2) is 6.58. The standard InChI is InChI=1S/C15H19BrN2O3/c1-11(19)18-7-3-6-15(21,10-18)14(20)17-9-12-4-2-5-13(16)8-12/h2,4-5,8,21H,3,6-7,9-10H2,1H3,(H,17,20). The maximum absolute atomic E-state index is 12.2. The lowest BCUT2D eigenvalue weighted by Crippen LogP contribution is -2.57. The molecule has 5 nitrogen and oxygen atoms in total. The van der Waals surface area contributed by atoms with Gasteiger partial charge in [0.15, 0.2) is 5.60 Å². The number of rotatable bonds is 3. The zero-order valence-electron chi connectivity index (χ0n) is 11.9. The Balaban J connectivity index is 1.97. The summed E-state index contributed by atoms with van der Waals surface area (Å²) in [5.74, 6) is -0.540. The van der Waals surface area contributed by atoms with Gasteiger partial charge < -0.3 is 15.3 Å². The largest absolute Gasteiger partial charge is 0.378 e. The van der Waals surface area contributed by atoms with Crippen LogP contribution in [0.1, 0.15) is 25.3 Å².